The molecule has 0 spiro atoms. The van der Waals surface area contributed by atoms with E-state index in [1.807, 2.05) is 13.8 Å². The molecule has 4 heterocycles. The van der Waals surface area contributed by atoms with Gasteiger partial charge in [0.1, 0.15) is 23.0 Å². The van der Waals surface area contributed by atoms with Gasteiger partial charge in [0.15, 0.2) is 12.0 Å². The monoisotopic (exact) mass is 568 g/mol. The van der Waals surface area contributed by atoms with Crippen molar-refractivity contribution in [2.45, 2.75) is 70.2 Å². The second kappa shape index (κ2) is 9.35. The van der Waals surface area contributed by atoms with Crippen molar-refractivity contribution in [1.29, 1.82) is 0 Å². The summed E-state index contributed by atoms with van der Waals surface area (Å²) in [7, 11) is -3.57. The van der Waals surface area contributed by atoms with Crippen LogP contribution in [0.2, 0.25) is 5.02 Å². The van der Waals surface area contributed by atoms with Crippen molar-refractivity contribution in [1.82, 2.24) is 23.8 Å². The van der Waals surface area contributed by atoms with Gasteiger partial charge in [-0.1, -0.05) is 11.6 Å². The Hall–Kier alpha value is -2.42. The molecule has 0 saturated carbocycles. The van der Waals surface area contributed by atoms with Gasteiger partial charge in [0.05, 0.1) is 47.4 Å². The summed E-state index contributed by atoms with van der Waals surface area (Å²) >= 11 is 6.43. The molecule has 2 aromatic heterocycles. The molecule has 38 heavy (non-hydrogen) atoms. The highest BCUT2D eigenvalue weighted by Crippen LogP contribution is 2.36. The predicted molar refractivity (Wildman–Crippen MR) is 140 cm³/mol. The summed E-state index contributed by atoms with van der Waals surface area (Å²) in [6, 6.07) is 1.85. The first kappa shape index (κ1) is 27.2. The molecule has 1 aromatic carbocycles. The van der Waals surface area contributed by atoms with E-state index in [0.717, 1.165) is 6.26 Å². The van der Waals surface area contributed by atoms with E-state index < -0.39 is 45.9 Å². The maximum Gasteiger partial charge on any atom is 0.223 e. The van der Waals surface area contributed by atoms with Crippen LogP contribution in [0.25, 0.3) is 22.3 Å². The molecule has 0 aliphatic carbocycles. The summed E-state index contributed by atoms with van der Waals surface area (Å²) in [5.41, 5.74) is -0.0529. The molecule has 14 heteroatoms. The fraction of sp³-hybridized carbons (Fsp3) is 0.542. The normalized spacial score (nSPS) is 24.5. The Morgan fingerprint density at radius 1 is 1.29 bits per heavy atom. The third kappa shape index (κ3) is 4.65. The van der Waals surface area contributed by atoms with Crippen LogP contribution in [0.3, 0.4) is 0 Å². The van der Waals surface area contributed by atoms with Crippen molar-refractivity contribution < 1.29 is 27.8 Å². The lowest BCUT2D eigenvalue weighted by molar-refractivity contribution is -0.0553. The van der Waals surface area contributed by atoms with Crippen molar-refractivity contribution >= 4 is 38.6 Å². The minimum Gasteiger partial charge on any atom is -0.387 e. The number of fused-ring (bicyclic) bond motifs is 3. The number of rotatable bonds is 6. The Morgan fingerprint density at radius 2 is 2.00 bits per heavy atom. The summed E-state index contributed by atoms with van der Waals surface area (Å²) in [6.45, 7) is 7.19. The van der Waals surface area contributed by atoms with Crippen molar-refractivity contribution in [3.63, 3.8) is 0 Å². The fourth-order valence-electron chi connectivity index (χ4n) is 5.27. The zero-order valence-corrected chi connectivity index (χ0v) is 23.1. The maximum absolute atomic E-state index is 15.3. The summed E-state index contributed by atoms with van der Waals surface area (Å²) in [4.78, 5) is 13.1. The van der Waals surface area contributed by atoms with Gasteiger partial charge in [-0.3, -0.25) is 0 Å². The average molecular weight is 569 g/mol. The molecule has 2 bridgehead atoms. The van der Waals surface area contributed by atoms with E-state index in [4.69, 9.17) is 16.3 Å². The largest absolute Gasteiger partial charge is 0.387 e. The molecular weight excluding hydrogens is 539 g/mol. The van der Waals surface area contributed by atoms with Gasteiger partial charge in [-0.15, -0.1) is 0 Å². The highest BCUT2D eigenvalue weighted by atomic mass is 35.5. The number of piperidine rings is 1. The molecule has 3 N–H and O–H groups in total. The predicted octanol–water partition coefficient (Wildman–Crippen LogP) is 2.63. The molecule has 0 amide bonds. The fourth-order valence-corrected chi connectivity index (χ4v) is 6.72. The molecule has 0 radical (unpaired) electrons. The van der Waals surface area contributed by atoms with E-state index in [1.54, 1.807) is 24.5 Å². The van der Waals surface area contributed by atoms with Crippen LogP contribution in [0.1, 0.15) is 46.0 Å². The first-order valence-electron chi connectivity index (χ1n) is 12.2. The minimum absolute atomic E-state index is 0.119. The Kier molecular flexibility index (Phi) is 6.68. The molecule has 11 nitrogen and oxygen atoms in total. The molecule has 2 aliphatic heterocycles. The van der Waals surface area contributed by atoms with Crippen LogP contribution in [0.15, 0.2) is 18.3 Å². The third-order valence-electron chi connectivity index (χ3n) is 6.83. The molecule has 3 aromatic rings. The van der Waals surface area contributed by atoms with E-state index in [9.17, 15) is 18.6 Å². The zero-order valence-electron chi connectivity index (χ0n) is 21.6. The number of hydrogen-bond donors (Lipinski definition) is 3. The van der Waals surface area contributed by atoms with Crippen LogP contribution in [0.5, 0.6) is 0 Å². The smallest absolute Gasteiger partial charge is 0.223 e. The number of nitrogens with zero attached hydrogens (tertiary/aromatic N) is 5. The van der Waals surface area contributed by atoms with Gasteiger partial charge in [0, 0.05) is 11.6 Å². The molecule has 5 rings (SSSR count). The third-order valence-corrected chi connectivity index (χ3v) is 8.38. The molecular formula is C24H30ClFN6O5S. The van der Waals surface area contributed by atoms with E-state index in [1.165, 1.54) is 16.6 Å². The Morgan fingerprint density at radius 3 is 2.63 bits per heavy atom. The van der Waals surface area contributed by atoms with Crippen LogP contribution in [-0.2, 0) is 20.4 Å². The second-order valence-electron chi connectivity index (χ2n) is 10.6. The van der Waals surface area contributed by atoms with Gasteiger partial charge >= 0.3 is 0 Å². The SMILES string of the molecule is CC(C)n1c(C(C)(C)O)nc2c(F)cc(-c3nc(N[C@@H]4C[C@H]5CO[C@@H]([C@H]4O)N5S(C)(=O)=O)ncc3Cl)cc21. The number of imidazole rings is 1. The number of aromatic nitrogens is 4. The number of hydrogen-bond acceptors (Lipinski definition) is 9. The summed E-state index contributed by atoms with van der Waals surface area (Å²) in [6.07, 6.45) is 0.563. The summed E-state index contributed by atoms with van der Waals surface area (Å²) in [5, 5.41) is 24.7. The van der Waals surface area contributed by atoms with E-state index >= 15 is 4.39 Å². The van der Waals surface area contributed by atoms with E-state index in [0.29, 0.717) is 16.9 Å². The molecule has 2 fully saturated rings. The van der Waals surface area contributed by atoms with E-state index in [2.05, 4.69) is 20.3 Å². The second-order valence-corrected chi connectivity index (χ2v) is 12.9. The van der Waals surface area contributed by atoms with Gasteiger partial charge in [-0.05, 0) is 46.2 Å². The van der Waals surface area contributed by atoms with Crippen molar-refractivity contribution in [3.05, 3.63) is 35.0 Å². The van der Waals surface area contributed by atoms with Crippen molar-refractivity contribution in [2.75, 3.05) is 18.2 Å². The lowest BCUT2D eigenvalue weighted by Crippen LogP contribution is -2.58. The standard InChI is InChI=1S/C24H30ClFN6O5S/c1-11(2)31-17-7-12(6-15(26)19(17)29-22(31)24(3,4)34)18-14(25)9-27-23(30-18)28-16-8-13-10-37-21(20(16)33)32(13)38(5,35)36/h6-7,9,11,13,16,20-21,33-34H,8,10H2,1-5H3,(H,27,28,30)/t13-,16+,20-,21-/m0/s1. The number of benzene rings is 1. The van der Waals surface area contributed by atoms with Gasteiger partial charge in [0.25, 0.3) is 0 Å². The first-order valence-corrected chi connectivity index (χ1v) is 14.4. The number of halogens is 2. The quantitative estimate of drug-likeness (QED) is 0.409. The van der Waals surface area contributed by atoms with Gasteiger partial charge in [-0.25, -0.2) is 27.8 Å². The van der Waals surface area contributed by atoms with E-state index in [-0.39, 0.29) is 41.3 Å². The van der Waals surface area contributed by atoms with Crippen molar-refractivity contribution in [3.8, 4) is 11.3 Å². The van der Waals surface area contributed by atoms with Crippen LogP contribution in [-0.4, -0.2) is 79.7 Å². The lowest BCUT2D eigenvalue weighted by Gasteiger charge is -2.39. The van der Waals surface area contributed by atoms with Crippen molar-refractivity contribution in [2.24, 2.45) is 0 Å². The van der Waals surface area contributed by atoms with Crippen LogP contribution in [0, 0.1) is 5.82 Å². The molecule has 4 atom stereocenters. The van der Waals surface area contributed by atoms with Gasteiger partial charge in [0.2, 0.25) is 16.0 Å². The van der Waals surface area contributed by atoms with Crippen LogP contribution in [0.4, 0.5) is 10.3 Å². The first-order chi connectivity index (χ1) is 17.7. The van der Waals surface area contributed by atoms with Crippen LogP contribution >= 0.6 is 11.6 Å². The highest BCUT2D eigenvalue weighted by Gasteiger charge is 2.52. The Balaban J connectivity index is 1.51. The zero-order chi connectivity index (χ0) is 27.7. The Labute approximate surface area is 224 Å². The lowest BCUT2D eigenvalue weighted by atomic mass is 9.98. The molecule has 0 unspecified atom stereocenters. The number of anilines is 1. The van der Waals surface area contributed by atoms with Gasteiger partial charge < -0.3 is 24.8 Å². The number of aliphatic hydroxyl groups is 2. The number of nitrogens with one attached hydrogen (secondary N) is 1. The highest BCUT2D eigenvalue weighted by molar-refractivity contribution is 7.88. The maximum atomic E-state index is 15.3. The Bertz CT molecular complexity index is 1510. The molecule has 2 saturated heterocycles. The number of aliphatic hydroxyl groups excluding tert-OH is 1. The summed E-state index contributed by atoms with van der Waals surface area (Å²) < 4.78 is 48.1. The minimum atomic E-state index is -3.57. The molecule has 2 aliphatic rings. The molecule has 206 valence electrons. The summed E-state index contributed by atoms with van der Waals surface area (Å²) in [5.74, 6) is -0.124. The van der Waals surface area contributed by atoms with Crippen LogP contribution < -0.4 is 5.32 Å². The number of sulfonamides is 1. The average Bonchev–Trinajstić information content (AvgIpc) is 3.37. The topological polar surface area (TPSA) is 143 Å². The van der Waals surface area contributed by atoms with Gasteiger partial charge in [-0.2, -0.15) is 4.31 Å². The number of ether oxygens (including phenoxy) is 1.